The number of aromatic nitrogens is 2. The monoisotopic (exact) mass is 487 g/mol. The summed E-state index contributed by atoms with van der Waals surface area (Å²) in [6.45, 7) is 2.96. The minimum Gasteiger partial charge on any atom is -0.486 e. The van der Waals surface area contributed by atoms with Crippen LogP contribution in [0.1, 0.15) is 30.1 Å². The van der Waals surface area contributed by atoms with Crippen LogP contribution in [0.4, 0.5) is 0 Å². The summed E-state index contributed by atoms with van der Waals surface area (Å²) in [6, 6.07) is 9.03. The number of fused-ring (bicyclic) bond motifs is 2. The number of carbonyl (C=O) groups excluding carboxylic acids is 1. The molecule has 0 aliphatic carbocycles. The average Bonchev–Trinajstić information content (AvgIpc) is 3.16. The summed E-state index contributed by atoms with van der Waals surface area (Å²) in [5.74, 6) is 2.24. The highest BCUT2D eigenvalue weighted by molar-refractivity contribution is 6.42. The van der Waals surface area contributed by atoms with Gasteiger partial charge in [0.1, 0.15) is 25.6 Å². The van der Waals surface area contributed by atoms with Gasteiger partial charge in [-0.2, -0.15) is 5.10 Å². The second kappa shape index (κ2) is 9.59. The number of hydrogen-bond donors (Lipinski definition) is 2. The van der Waals surface area contributed by atoms with Gasteiger partial charge < -0.3 is 19.4 Å². The number of imidazole rings is 1. The number of halogens is 2. The summed E-state index contributed by atoms with van der Waals surface area (Å²) >= 11 is 12.5. The third kappa shape index (κ3) is 4.78. The molecule has 2 aliphatic heterocycles. The van der Waals surface area contributed by atoms with E-state index in [1.807, 2.05) is 22.8 Å². The van der Waals surface area contributed by atoms with Gasteiger partial charge in [-0.15, -0.1) is 0 Å². The zero-order valence-electron chi connectivity index (χ0n) is 17.8. The van der Waals surface area contributed by atoms with Crippen LogP contribution in [-0.2, 0) is 11.3 Å². The summed E-state index contributed by atoms with van der Waals surface area (Å²) in [7, 11) is 0. The van der Waals surface area contributed by atoms with Gasteiger partial charge in [0.15, 0.2) is 11.5 Å². The summed E-state index contributed by atoms with van der Waals surface area (Å²) in [5.41, 5.74) is 4.91. The van der Waals surface area contributed by atoms with Crippen LogP contribution in [0.2, 0.25) is 10.0 Å². The molecule has 172 valence electrons. The number of benzene rings is 2. The van der Waals surface area contributed by atoms with Crippen LogP contribution in [0.3, 0.4) is 0 Å². The van der Waals surface area contributed by atoms with Gasteiger partial charge >= 0.3 is 0 Å². The van der Waals surface area contributed by atoms with Crippen molar-refractivity contribution in [1.82, 2.24) is 20.3 Å². The van der Waals surface area contributed by atoms with Gasteiger partial charge in [-0.25, -0.2) is 10.4 Å². The number of carbonyl (C=O) groups is 1. The first-order valence-electron chi connectivity index (χ1n) is 10.9. The zero-order valence-corrected chi connectivity index (χ0v) is 19.3. The maximum absolute atomic E-state index is 12.8. The van der Waals surface area contributed by atoms with Crippen molar-refractivity contribution in [3.63, 3.8) is 0 Å². The minimum atomic E-state index is -0.260. The first-order valence-corrected chi connectivity index (χ1v) is 11.6. The molecule has 1 amide bonds. The van der Waals surface area contributed by atoms with Crippen molar-refractivity contribution in [2.24, 2.45) is 5.10 Å². The Kier molecular flexibility index (Phi) is 6.39. The van der Waals surface area contributed by atoms with Gasteiger partial charge in [0.25, 0.3) is 5.91 Å². The third-order valence-corrected chi connectivity index (χ3v) is 6.52. The molecule has 0 spiro atoms. The summed E-state index contributed by atoms with van der Waals surface area (Å²) in [6.07, 6.45) is 3.48. The van der Waals surface area contributed by atoms with Crippen LogP contribution in [0.15, 0.2) is 35.4 Å². The fraction of sp³-hybridized carbons (Fsp3) is 0.348. The number of hydrogen-bond acceptors (Lipinski definition) is 6. The molecule has 10 heteroatoms. The molecule has 5 rings (SSSR count). The van der Waals surface area contributed by atoms with Crippen molar-refractivity contribution in [2.45, 2.75) is 25.3 Å². The largest absolute Gasteiger partial charge is 0.486 e. The van der Waals surface area contributed by atoms with Crippen LogP contribution in [-0.4, -0.2) is 48.0 Å². The fourth-order valence-corrected chi connectivity index (χ4v) is 4.51. The standard InChI is InChI=1S/C23H23Cl2N5O3/c24-16-10-18-19(11-17(16)25)30(23(28-18)15-3-5-26-6-4-15)13-22(31)29-27-12-14-1-2-20-21(9-14)33-8-7-32-20/h1-2,9-12,15,26H,3-8,13H2,(H,29,31)/b27-12+. The predicted molar refractivity (Wildman–Crippen MR) is 128 cm³/mol. The van der Waals surface area contributed by atoms with Gasteiger partial charge in [0.05, 0.1) is 27.3 Å². The third-order valence-electron chi connectivity index (χ3n) is 5.79. The van der Waals surface area contributed by atoms with E-state index in [9.17, 15) is 4.79 Å². The van der Waals surface area contributed by atoms with E-state index in [1.54, 1.807) is 18.3 Å². The Labute approximate surface area is 200 Å². The van der Waals surface area contributed by atoms with Crippen molar-refractivity contribution in [1.29, 1.82) is 0 Å². The predicted octanol–water partition coefficient (Wildman–Crippen LogP) is 3.73. The molecule has 1 saturated heterocycles. The maximum Gasteiger partial charge on any atom is 0.260 e. The summed E-state index contributed by atoms with van der Waals surface area (Å²) in [4.78, 5) is 17.6. The first-order chi connectivity index (χ1) is 16.1. The Morgan fingerprint density at radius 2 is 1.91 bits per heavy atom. The highest BCUT2D eigenvalue weighted by atomic mass is 35.5. The molecule has 2 N–H and O–H groups in total. The number of nitrogens with zero attached hydrogens (tertiary/aromatic N) is 3. The number of nitrogens with one attached hydrogen (secondary N) is 2. The van der Waals surface area contributed by atoms with Crippen molar-refractivity contribution >= 4 is 46.4 Å². The lowest BCUT2D eigenvalue weighted by atomic mass is 9.97. The topological polar surface area (TPSA) is 89.8 Å². The van der Waals surface area contributed by atoms with E-state index in [2.05, 4.69) is 15.8 Å². The quantitative estimate of drug-likeness (QED) is 0.422. The molecule has 0 radical (unpaired) electrons. The lowest BCUT2D eigenvalue weighted by molar-refractivity contribution is -0.121. The van der Waals surface area contributed by atoms with Crippen molar-refractivity contribution < 1.29 is 14.3 Å². The lowest BCUT2D eigenvalue weighted by Crippen LogP contribution is -2.30. The molecule has 1 fully saturated rings. The van der Waals surface area contributed by atoms with E-state index in [-0.39, 0.29) is 18.4 Å². The van der Waals surface area contributed by atoms with Gasteiger partial charge in [-0.1, -0.05) is 23.2 Å². The Morgan fingerprint density at radius 1 is 1.15 bits per heavy atom. The summed E-state index contributed by atoms with van der Waals surface area (Å²) < 4.78 is 13.0. The van der Waals surface area contributed by atoms with Crippen molar-refractivity contribution in [3.8, 4) is 11.5 Å². The molecule has 1 aromatic heterocycles. The molecular formula is C23H23Cl2N5O3. The highest BCUT2D eigenvalue weighted by Gasteiger charge is 2.24. The lowest BCUT2D eigenvalue weighted by Gasteiger charge is -2.23. The molecular weight excluding hydrogens is 465 g/mol. The van der Waals surface area contributed by atoms with E-state index in [0.717, 1.165) is 48.4 Å². The van der Waals surface area contributed by atoms with Crippen LogP contribution in [0.25, 0.3) is 11.0 Å². The average molecular weight is 488 g/mol. The van der Waals surface area contributed by atoms with Crippen LogP contribution >= 0.6 is 23.2 Å². The van der Waals surface area contributed by atoms with Crippen LogP contribution in [0, 0.1) is 0 Å². The fourth-order valence-electron chi connectivity index (χ4n) is 4.19. The van der Waals surface area contributed by atoms with Gasteiger partial charge in [0.2, 0.25) is 0 Å². The van der Waals surface area contributed by atoms with E-state index in [4.69, 9.17) is 37.7 Å². The van der Waals surface area contributed by atoms with Gasteiger partial charge in [-0.05, 0) is 61.8 Å². The number of amides is 1. The molecule has 8 nitrogen and oxygen atoms in total. The second-order valence-corrected chi connectivity index (χ2v) is 8.85. The molecule has 3 aromatic rings. The number of ether oxygens (including phenoxy) is 2. The maximum atomic E-state index is 12.8. The van der Waals surface area contributed by atoms with Crippen LogP contribution in [0.5, 0.6) is 11.5 Å². The normalized spacial score (nSPS) is 16.4. The molecule has 33 heavy (non-hydrogen) atoms. The zero-order chi connectivity index (χ0) is 22.8. The SMILES string of the molecule is O=C(Cn1c(C2CCNCC2)nc2cc(Cl)c(Cl)cc21)N/N=C/c1ccc2c(c1)OCCO2. The van der Waals surface area contributed by atoms with Gasteiger partial charge in [0, 0.05) is 5.92 Å². The van der Waals surface area contributed by atoms with Crippen molar-refractivity contribution in [2.75, 3.05) is 26.3 Å². The Morgan fingerprint density at radius 3 is 2.73 bits per heavy atom. The number of piperidine rings is 1. The smallest absolute Gasteiger partial charge is 0.260 e. The first kappa shape index (κ1) is 22.0. The van der Waals surface area contributed by atoms with E-state index in [1.165, 1.54) is 0 Å². The van der Waals surface area contributed by atoms with E-state index >= 15 is 0 Å². The van der Waals surface area contributed by atoms with E-state index < -0.39 is 0 Å². The molecule has 0 unspecified atom stereocenters. The van der Waals surface area contributed by atoms with Crippen molar-refractivity contribution in [3.05, 3.63) is 51.8 Å². The molecule has 0 bridgehead atoms. The highest BCUT2D eigenvalue weighted by Crippen LogP contribution is 2.33. The summed E-state index contributed by atoms with van der Waals surface area (Å²) in [5, 5.41) is 8.35. The molecule has 0 atom stereocenters. The molecule has 0 saturated carbocycles. The number of hydrazone groups is 1. The molecule has 2 aliphatic rings. The second-order valence-electron chi connectivity index (χ2n) is 8.03. The molecule has 3 heterocycles. The molecule has 2 aromatic carbocycles. The Balaban J connectivity index is 1.35. The number of rotatable bonds is 5. The minimum absolute atomic E-state index is 0.0756. The van der Waals surface area contributed by atoms with Gasteiger partial charge in [-0.3, -0.25) is 4.79 Å². The Hall–Kier alpha value is -2.81. The Bertz CT molecular complexity index is 1220. The van der Waals surface area contributed by atoms with E-state index in [0.29, 0.717) is 34.8 Å². The van der Waals surface area contributed by atoms with Crippen LogP contribution < -0.4 is 20.2 Å².